The first-order valence-corrected chi connectivity index (χ1v) is 19.6. The SMILES string of the molecule is CCCCCCCCCCCCCCCCCCOCC(COCCOCCN1C=C[N+](=CCCCCC(=O)[O-])C1)OCC(C)(OC)OC. The second-order valence-corrected chi connectivity index (χ2v) is 13.6. The number of unbranched alkanes of at least 4 members (excludes halogenated alkanes) is 17. The Balaban J connectivity index is 2.09. The third kappa shape index (κ3) is 27.8. The fraction of sp³-hybridized carbons (Fsp3) is 0.897. The second-order valence-electron chi connectivity index (χ2n) is 13.6. The summed E-state index contributed by atoms with van der Waals surface area (Å²) in [5.74, 6) is -1.79. The fourth-order valence-corrected chi connectivity index (χ4v) is 5.62. The highest BCUT2D eigenvalue weighted by Gasteiger charge is 2.25. The van der Waals surface area contributed by atoms with Crippen molar-refractivity contribution < 1.29 is 42.9 Å². The van der Waals surface area contributed by atoms with E-state index >= 15 is 0 Å². The Labute approximate surface area is 299 Å². The molecule has 0 N–H and O–H groups in total. The second kappa shape index (κ2) is 32.4. The van der Waals surface area contributed by atoms with E-state index in [0.29, 0.717) is 39.5 Å². The van der Waals surface area contributed by atoms with Crippen LogP contribution in [-0.2, 0) is 33.2 Å². The molecule has 10 heteroatoms. The van der Waals surface area contributed by atoms with Crippen molar-refractivity contribution in [1.82, 2.24) is 4.90 Å². The molecular formula is C39H74N2O8. The van der Waals surface area contributed by atoms with Crippen LogP contribution < -0.4 is 5.11 Å². The van der Waals surface area contributed by atoms with E-state index < -0.39 is 11.8 Å². The number of nitrogens with zero attached hydrogens (tertiary/aromatic N) is 2. The average molecular weight is 699 g/mol. The van der Waals surface area contributed by atoms with Crippen LogP contribution in [0.25, 0.3) is 0 Å². The molecule has 49 heavy (non-hydrogen) atoms. The quantitative estimate of drug-likeness (QED) is 0.0393. The van der Waals surface area contributed by atoms with Crippen molar-refractivity contribution in [3.8, 4) is 0 Å². The summed E-state index contributed by atoms with van der Waals surface area (Å²) in [6.45, 7) is 9.18. The monoisotopic (exact) mass is 699 g/mol. The predicted octanol–water partition coefficient (Wildman–Crippen LogP) is 6.83. The van der Waals surface area contributed by atoms with Gasteiger partial charge in [-0.05, 0) is 32.6 Å². The summed E-state index contributed by atoms with van der Waals surface area (Å²) in [5.41, 5.74) is 0. The van der Waals surface area contributed by atoms with Crippen molar-refractivity contribution in [1.29, 1.82) is 0 Å². The van der Waals surface area contributed by atoms with Gasteiger partial charge in [0.05, 0.1) is 39.2 Å². The average Bonchev–Trinajstić information content (AvgIpc) is 3.56. The summed E-state index contributed by atoms with van der Waals surface area (Å²) in [4.78, 5) is 12.7. The van der Waals surface area contributed by atoms with Gasteiger partial charge in [-0.1, -0.05) is 103 Å². The molecule has 0 spiro atoms. The van der Waals surface area contributed by atoms with Gasteiger partial charge in [0.1, 0.15) is 18.9 Å². The van der Waals surface area contributed by atoms with Crippen molar-refractivity contribution >= 4 is 12.2 Å². The number of carbonyl (C=O) groups excluding carboxylic acids is 1. The highest BCUT2D eigenvalue weighted by molar-refractivity contribution is 5.64. The largest absolute Gasteiger partial charge is 0.550 e. The topological polar surface area (TPSA) is 102 Å². The number of carboxylic acids is 1. The zero-order valence-electron chi connectivity index (χ0n) is 32.0. The number of carbonyl (C=O) groups is 1. The summed E-state index contributed by atoms with van der Waals surface area (Å²) in [7, 11) is 3.22. The van der Waals surface area contributed by atoms with E-state index in [9.17, 15) is 9.90 Å². The van der Waals surface area contributed by atoms with Gasteiger partial charge in [0.25, 0.3) is 0 Å². The number of methoxy groups -OCH3 is 2. The Hall–Kier alpha value is -1.56. The van der Waals surface area contributed by atoms with Crippen LogP contribution in [-0.4, -0.2) is 107 Å². The minimum atomic E-state index is -0.979. The molecule has 0 aromatic rings. The number of hydrogen-bond donors (Lipinski definition) is 0. The summed E-state index contributed by atoms with van der Waals surface area (Å²) >= 11 is 0. The Bertz CT molecular complexity index is 821. The first-order valence-electron chi connectivity index (χ1n) is 19.6. The molecule has 0 aliphatic carbocycles. The summed E-state index contributed by atoms with van der Waals surface area (Å²) in [6.07, 6.45) is 30.2. The minimum absolute atomic E-state index is 0.124. The molecule has 1 aliphatic rings. The van der Waals surface area contributed by atoms with Crippen LogP contribution in [0.1, 0.15) is 142 Å². The molecule has 0 saturated heterocycles. The van der Waals surface area contributed by atoms with Crippen LogP contribution in [0.4, 0.5) is 0 Å². The number of hydrogen-bond acceptors (Lipinski definition) is 9. The third-order valence-corrected chi connectivity index (χ3v) is 9.10. The lowest BCUT2D eigenvalue weighted by Gasteiger charge is -2.28. The number of ether oxygens (including phenoxy) is 6. The number of carboxylic acid groups (broad SMARTS) is 1. The summed E-state index contributed by atoms with van der Waals surface area (Å²) in [5, 5.41) is 10.5. The number of aliphatic carboxylic acids is 1. The van der Waals surface area contributed by atoms with Gasteiger partial charge in [0, 0.05) is 39.8 Å². The first-order chi connectivity index (χ1) is 23.9. The molecule has 0 saturated carbocycles. The summed E-state index contributed by atoms with van der Waals surface area (Å²) < 4.78 is 36.8. The van der Waals surface area contributed by atoms with E-state index in [2.05, 4.69) is 22.6 Å². The van der Waals surface area contributed by atoms with Gasteiger partial charge in [-0.3, -0.25) is 0 Å². The van der Waals surface area contributed by atoms with E-state index in [1.54, 1.807) is 14.2 Å². The third-order valence-electron chi connectivity index (χ3n) is 9.10. The Morgan fingerprint density at radius 3 is 1.90 bits per heavy atom. The normalized spacial score (nSPS) is 14.8. The maximum Gasteiger partial charge on any atom is 0.223 e. The van der Waals surface area contributed by atoms with Crippen molar-refractivity contribution in [2.45, 2.75) is 154 Å². The van der Waals surface area contributed by atoms with Crippen LogP contribution in [0.15, 0.2) is 12.4 Å². The lowest BCUT2D eigenvalue weighted by atomic mass is 10.0. The predicted molar refractivity (Wildman–Crippen MR) is 195 cm³/mol. The van der Waals surface area contributed by atoms with Crippen molar-refractivity contribution in [2.24, 2.45) is 0 Å². The fourth-order valence-electron chi connectivity index (χ4n) is 5.62. The Morgan fingerprint density at radius 1 is 0.776 bits per heavy atom. The lowest BCUT2D eigenvalue weighted by Crippen LogP contribution is -2.39. The van der Waals surface area contributed by atoms with E-state index in [1.807, 2.05) is 19.3 Å². The van der Waals surface area contributed by atoms with Crippen LogP contribution in [0, 0.1) is 0 Å². The zero-order valence-corrected chi connectivity index (χ0v) is 32.0. The van der Waals surface area contributed by atoms with Gasteiger partial charge < -0.3 is 43.2 Å². The van der Waals surface area contributed by atoms with Crippen LogP contribution in [0.3, 0.4) is 0 Å². The maximum absolute atomic E-state index is 10.5. The van der Waals surface area contributed by atoms with Crippen LogP contribution in [0.5, 0.6) is 0 Å². The molecule has 0 bridgehead atoms. The molecule has 0 aromatic carbocycles. The number of rotatable bonds is 37. The molecule has 288 valence electrons. The van der Waals surface area contributed by atoms with Crippen molar-refractivity contribution in [3.05, 3.63) is 12.4 Å². The van der Waals surface area contributed by atoms with Gasteiger partial charge in [-0.15, -0.1) is 0 Å². The maximum atomic E-state index is 10.5. The Kier molecular flexibility index (Phi) is 30.0. The highest BCUT2D eigenvalue weighted by Crippen LogP contribution is 2.15. The highest BCUT2D eigenvalue weighted by atomic mass is 16.7. The van der Waals surface area contributed by atoms with Gasteiger partial charge >= 0.3 is 0 Å². The molecule has 1 unspecified atom stereocenters. The molecule has 0 aromatic heterocycles. The van der Waals surface area contributed by atoms with Gasteiger partial charge in [0.15, 0.2) is 12.0 Å². The smallest absolute Gasteiger partial charge is 0.223 e. The van der Waals surface area contributed by atoms with Crippen LogP contribution in [0.2, 0.25) is 0 Å². The van der Waals surface area contributed by atoms with Gasteiger partial charge in [-0.2, -0.15) is 4.58 Å². The molecule has 0 radical (unpaired) electrons. The van der Waals surface area contributed by atoms with E-state index in [1.165, 1.54) is 96.3 Å². The van der Waals surface area contributed by atoms with Crippen molar-refractivity contribution in [2.75, 3.05) is 73.7 Å². The molecule has 10 nitrogen and oxygen atoms in total. The van der Waals surface area contributed by atoms with E-state index in [4.69, 9.17) is 28.4 Å². The summed E-state index contributed by atoms with van der Waals surface area (Å²) in [6, 6.07) is 0. The van der Waals surface area contributed by atoms with Gasteiger partial charge in [-0.25, -0.2) is 0 Å². The van der Waals surface area contributed by atoms with Crippen LogP contribution >= 0.6 is 0 Å². The molecule has 0 amide bonds. The first kappa shape index (κ1) is 45.5. The minimum Gasteiger partial charge on any atom is -0.550 e. The Morgan fingerprint density at radius 2 is 1.33 bits per heavy atom. The lowest BCUT2D eigenvalue weighted by molar-refractivity contribution is -0.460. The van der Waals surface area contributed by atoms with E-state index in [0.717, 1.165) is 39.1 Å². The zero-order chi connectivity index (χ0) is 35.7. The molecule has 1 rings (SSSR count). The molecule has 1 heterocycles. The van der Waals surface area contributed by atoms with Gasteiger partial charge in [0.2, 0.25) is 6.67 Å². The van der Waals surface area contributed by atoms with Crippen molar-refractivity contribution in [3.63, 3.8) is 0 Å². The van der Waals surface area contributed by atoms with E-state index in [-0.39, 0.29) is 19.1 Å². The molecule has 1 atom stereocenters. The molecule has 1 aliphatic heterocycles. The molecular weight excluding hydrogens is 624 g/mol. The molecule has 0 fully saturated rings. The standard InChI is InChI=1S/C39H74N2O8/c1-5-6-7-8-9-10-11-12-13-14-15-16-17-18-19-23-29-47-33-37(49-35-39(2,44-3)45-4)34-48-32-31-46-30-28-41-27-26-40(36-41)25-22-20-21-24-38(42)43/h25-27,37H,5-24,28-36H2,1-4H3.